The van der Waals surface area contributed by atoms with Crippen molar-refractivity contribution in [1.29, 1.82) is 0 Å². The third kappa shape index (κ3) is 6.09. The molecule has 0 aliphatic carbocycles. The van der Waals surface area contributed by atoms with Gasteiger partial charge >= 0.3 is 5.97 Å². The molecule has 0 radical (unpaired) electrons. The Hall–Kier alpha value is -4.32. The van der Waals surface area contributed by atoms with Gasteiger partial charge in [-0.05, 0) is 49.6 Å². The molecule has 0 fully saturated rings. The smallest absolute Gasteiger partial charge is 0.331 e. The zero-order valence-electron chi connectivity index (χ0n) is 21.5. The normalized spacial score (nSPS) is 11.5. The van der Waals surface area contributed by atoms with Crippen molar-refractivity contribution in [3.05, 3.63) is 107 Å². The first-order chi connectivity index (χ1) is 17.8. The Balaban J connectivity index is 1.66. The summed E-state index contributed by atoms with van der Waals surface area (Å²) in [5.74, 6) is -0.353. The molecule has 0 unspecified atom stereocenters. The average Bonchev–Trinajstić information content (AvgIpc) is 3.17. The Bertz CT molecular complexity index is 1420. The maximum Gasteiger partial charge on any atom is 0.331 e. The number of amides is 1. The van der Waals surface area contributed by atoms with Gasteiger partial charge in [-0.15, -0.1) is 0 Å². The summed E-state index contributed by atoms with van der Waals surface area (Å²) in [7, 11) is 1.82. The molecule has 4 aromatic rings. The first-order valence-electron chi connectivity index (χ1n) is 12.3. The van der Waals surface area contributed by atoms with Crippen LogP contribution in [0.2, 0.25) is 0 Å². The molecule has 0 bridgehead atoms. The molecule has 0 aliphatic heterocycles. The van der Waals surface area contributed by atoms with Crippen LogP contribution in [0.1, 0.15) is 29.3 Å². The molecular weight excluding hydrogens is 464 g/mol. The standard InChI is InChI=1S/C31H32N2O4/c1-22(31(35)36)19-26-23(2)33(20-29(34)32(3)18-17-24-11-6-4-7-12-24)27-15-10-16-28(30(26)27)37-21-25-13-8-5-9-14-25/h4-16,19H,17-18,20-21H2,1-3H3,(H,35,36)/b22-19+. The van der Waals surface area contributed by atoms with E-state index in [1.165, 1.54) is 5.56 Å². The number of aliphatic carboxylic acids is 1. The molecular formula is C31H32N2O4. The second kappa shape index (κ2) is 11.6. The molecule has 190 valence electrons. The van der Waals surface area contributed by atoms with Crippen LogP contribution in [0, 0.1) is 6.92 Å². The minimum atomic E-state index is -0.986. The highest BCUT2D eigenvalue weighted by atomic mass is 16.5. The van der Waals surface area contributed by atoms with Crippen molar-refractivity contribution in [2.45, 2.75) is 33.4 Å². The Morgan fingerprint density at radius 3 is 2.24 bits per heavy atom. The summed E-state index contributed by atoms with van der Waals surface area (Å²) >= 11 is 0. The predicted molar refractivity (Wildman–Crippen MR) is 147 cm³/mol. The van der Waals surface area contributed by atoms with E-state index >= 15 is 0 Å². The lowest BCUT2D eigenvalue weighted by Gasteiger charge is -2.19. The number of hydrogen-bond donors (Lipinski definition) is 1. The number of carbonyl (C=O) groups is 2. The maximum absolute atomic E-state index is 13.2. The van der Waals surface area contributed by atoms with E-state index in [0.29, 0.717) is 18.9 Å². The van der Waals surface area contributed by atoms with Gasteiger partial charge in [0.05, 0.1) is 5.52 Å². The van der Waals surface area contributed by atoms with E-state index in [2.05, 4.69) is 12.1 Å². The molecule has 6 heteroatoms. The first kappa shape index (κ1) is 25.8. The number of aromatic nitrogens is 1. The van der Waals surface area contributed by atoms with Gasteiger partial charge in [0.25, 0.3) is 0 Å². The number of ether oxygens (including phenoxy) is 1. The fourth-order valence-corrected chi connectivity index (χ4v) is 4.36. The van der Waals surface area contributed by atoms with E-state index in [-0.39, 0.29) is 18.0 Å². The van der Waals surface area contributed by atoms with Crippen LogP contribution in [0.25, 0.3) is 17.0 Å². The SMILES string of the molecule is C/C(=C\c1c(C)n(CC(=O)N(C)CCc2ccccc2)c2cccc(OCc3ccccc3)c12)C(=O)O. The third-order valence-corrected chi connectivity index (χ3v) is 6.59. The number of hydrogen-bond acceptors (Lipinski definition) is 3. The van der Waals surface area contributed by atoms with Crippen LogP contribution < -0.4 is 4.74 Å². The number of nitrogens with zero attached hydrogens (tertiary/aromatic N) is 2. The summed E-state index contributed by atoms with van der Waals surface area (Å²) in [4.78, 5) is 26.6. The van der Waals surface area contributed by atoms with Gasteiger partial charge in [-0.1, -0.05) is 66.7 Å². The van der Waals surface area contributed by atoms with Crippen LogP contribution in [0.3, 0.4) is 0 Å². The summed E-state index contributed by atoms with van der Waals surface area (Å²) in [6.07, 6.45) is 2.44. The highest BCUT2D eigenvalue weighted by Gasteiger charge is 2.20. The lowest BCUT2D eigenvalue weighted by molar-refractivity contribution is -0.132. The minimum Gasteiger partial charge on any atom is -0.488 e. The van der Waals surface area contributed by atoms with E-state index in [9.17, 15) is 14.7 Å². The van der Waals surface area contributed by atoms with Gasteiger partial charge in [0.1, 0.15) is 18.9 Å². The van der Waals surface area contributed by atoms with E-state index in [1.54, 1.807) is 17.9 Å². The number of carboxylic acids is 1. The van der Waals surface area contributed by atoms with Crippen molar-refractivity contribution < 1.29 is 19.4 Å². The van der Waals surface area contributed by atoms with Crippen LogP contribution in [0.5, 0.6) is 5.75 Å². The molecule has 0 spiro atoms. The lowest BCUT2D eigenvalue weighted by atomic mass is 10.1. The van der Waals surface area contributed by atoms with Crippen LogP contribution >= 0.6 is 0 Å². The van der Waals surface area contributed by atoms with Gasteiger partial charge in [-0.25, -0.2) is 4.79 Å². The molecule has 0 atom stereocenters. The zero-order valence-corrected chi connectivity index (χ0v) is 21.5. The number of benzene rings is 3. The molecule has 1 heterocycles. The largest absolute Gasteiger partial charge is 0.488 e. The second-order valence-electron chi connectivity index (χ2n) is 9.19. The summed E-state index contributed by atoms with van der Waals surface area (Å²) in [6, 6.07) is 25.7. The number of likely N-dealkylation sites (N-methyl/N-ethyl adjacent to an activating group) is 1. The van der Waals surface area contributed by atoms with Crippen LogP contribution in [0.15, 0.2) is 84.4 Å². The molecule has 3 aromatic carbocycles. The summed E-state index contributed by atoms with van der Waals surface area (Å²) in [6.45, 7) is 4.62. The number of carbonyl (C=O) groups excluding carboxylic acids is 1. The number of rotatable bonds is 10. The average molecular weight is 497 g/mol. The highest BCUT2D eigenvalue weighted by molar-refractivity contribution is 6.01. The third-order valence-electron chi connectivity index (χ3n) is 6.59. The van der Waals surface area contributed by atoms with E-state index in [4.69, 9.17) is 4.74 Å². The fourth-order valence-electron chi connectivity index (χ4n) is 4.36. The Labute approximate surface area is 217 Å². The van der Waals surface area contributed by atoms with Crippen molar-refractivity contribution in [2.75, 3.05) is 13.6 Å². The van der Waals surface area contributed by atoms with Gasteiger partial charge in [-0.2, -0.15) is 0 Å². The molecule has 37 heavy (non-hydrogen) atoms. The summed E-state index contributed by atoms with van der Waals surface area (Å²) in [5.41, 5.74) is 4.82. The van der Waals surface area contributed by atoms with Crippen LogP contribution in [-0.2, 0) is 29.2 Å². The van der Waals surface area contributed by atoms with Crippen molar-refractivity contribution in [3.63, 3.8) is 0 Å². The topological polar surface area (TPSA) is 71.8 Å². The molecule has 6 nitrogen and oxygen atoms in total. The lowest BCUT2D eigenvalue weighted by Crippen LogP contribution is -2.32. The molecule has 1 N–H and O–H groups in total. The Morgan fingerprint density at radius 2 is 1.59 bits per heavy atom. The van der Waals surface area contributed by atoms with Gasteiger partial charge in [0, 0.05) is 35.8 Å². The maximum atomic E-state index is 13.2. The Kier molecular flexibility index (Phi) is 8.08. The predicted octanol–water partition coefficient (Wildman–Crippen LogP) is 5.72. The number of fused-ring (bicyclic) bond motifs is 1. The molecule has 0 aliphatic rings. The van der Waals surface area contributed by atoms with E-state index < -0.39 is 5.97 Å². The first-order valence-corrected chi connectivity index (χ1v) is 12.3. The second-order valence-corrected chi connectivity index (χ2v) is 9.19. The molecule has 1 amide bonds. The highest BCUT2D eigenvalue weighted by Crippen LogP contribution is 2.35. The molecule has 0 saturated carbocycles. The van der Waals surface area contributed by atoms with Crippen molar-refractivity contribution in [3.8, 4) is 5.75 Å². The van der Waals surface area contributed by atoms with Gasteiger partial charge in [-0.3, -0.25) is 4.79 Å². The van der Waals surface area contributed by atoms with Gasteiger partial charge in [0.15, 0.2) is 0 Å². The quantitative estimate of drug-likeness (QED) is 0.285. The van der Waals surface area contributed by atoms with Crippen LogP contribution in [-0.4, -0.2) is 40.0 Å². The van der Waals surface area contributed by atoms with Crippen molar-refractivity contribution in [1.82, 2.24) is 9.47 Å². The fraction of sp³-hybridized carbons (Fsp3) is 0.226. The van der Waals surface area contributed by atoms with Gasteiger partial charge < -0.3 is 19.3 Å². The summed E-state index contributed by atoms with van der Waals surface area (Å²) < 4.78 is 8.16. The van der Waals surface area contributed by atoms with Crippen molar-refractivity contribution >= 4 is 28.9 Å². The minimum absolute atomic E-state index is 0.0166. The van der Waals surface area contributed by atoms with Gasteiger partial charge in [0.2, 0.25) is 5.91 Å². The zero-order chi connectivity index (χ0) is 26.4. The molecule has 1 aromatic heterocycles. The van der Waals surface area contributed by atoms with E-state index in [1.807, 2.05) is 85.3 Å². The van der Waals surface area contributed by atoms with E-state index in [0.717, 1.165) is 34.1 Å². The monoisotopic (exact) mass is 496 g/mol. The number of carboxylic acid groups (broad SMARTS) is 1. The summed E-state index contributed by atoms with van der Waals surface area (Å²) in [5, 5.41) is 10.3. The molecule has 4 rings (SSSR count). The van der Waals surface area contributed by atoms with Crippen molar-refractivity contribution in [2.24, 2.45) is 0 Å². The Morgan fingerprint density at radius 1 is 0.946 bits per heavy atom. The molecule has 0 saturated heterocycles. The van der Waals surface area contributed by atoms with Crippen LogP contribution in [0.4, 0.5) is 0 Å².